The van der Waals surface area contributed by atoms with E-state index in [1.165, 1.54) is 17.8 Å². The molecule has 1 aromatic heterocycles. The minimum absolute atomic E-state index is 0.0281. The maximum absolute atomic E-state index is 13.7. The molecule has 1 aromatic carbocycles. The third-order valence-electron chi connectivity index (χ3n) is 2.93. The highest BCUT2D eigenvalue weighted by Crippen LogP contribution is 2.22. The first-order valence-electron chi connectivity index (χ1n) is 5.94. The summed E-state index contributed by atoms with van der Waals surface area (Å²) >= 11 is 0. The van der Waals surface area contributed by atoms with Crippen molar-refractivity contribution in [2.75, 3.05) is 0 Å². The molecule has 21 heavy (non-hydrogen) atoms. The largest absolute Gasteiger partial charge is 0.478 e. The number of carboxylic acid groups (broad SMARTS) is 1. The molecule has 6 nitrogen and oxygen atoms in total. The van der Waals surface area contributed by atoms with Gasteiger partial charge in [0.05, 0.1) is 22.4 Å². The molecule has 2 rings (SSSR count). The lowest BCUT2D eigenvalue weighted by atomic mass is 10.1. The van der Waals surface area contributed by atoms with Crippen molar-refractivity contribution in [3.8, 4) is 0 Å². The highest BCUT2D eigenvalue weighted by Gasteiger charge is 2.22. The summed E-state index contributed by atoms with van der Waals surface area (Å²) in [6.07, 6.45) is 2.96. The minimum Gasteiger partial charge on any atom is -0.478 e. The molecule has 0 spiro atoms. The van der Waals surface area contributed by atoms with Crippen LogP contribution in [0.1, 0.15) is 21.5 Å². The van der Waals surface area contributed by atoms with Crippen molar-refractivity contribution >= 4 is 15.8 Å². The number of sulfone groups is 1. The van der Waals surface area contributed by atoms with Crippen LogP contribution < -0.4 is 0 Å². The van der Waals surface area contributed by atoms with E-state index in [0.717, 1.165) is 12.1 Å². The molecule has 0 radical (unpaired) electrons. The maximum Gasteiger partial charge on any atom is 0.338 e. The zero-order chi connectivity index (χ0) is 15.8. The molecule has 2 aromatic rings. The molecule has 0 saturated carbocycles. The zero-order valence-electron chi connectivity index (χ0n) is 11.4. The average molecular weight is 312 g/mol. The second-order valence-corrected chi connectivity index (χ2v) is 6.68. The summed E-state index contributed by atoms with van der Waals surface area (Å²) in [7, 11) is -2.13. The number of benzene rings is 1. The standard InChI is InChI=1S/C13H13FN2O4S/c1-8-3-10(4-11(12(8)14)13(17)18)21(19,20)7-9-5-15-16(2)6-9/h3-6H,7H2,1-2H3,(H,17,18). The maximum atomic E-state index is 13.7. The van der Waals surface area contributed by atoms with Crippen LogP contribution in [0.2, 0.25) is 0 Å². The molecule has 1 N–H and O–H groups in total. The summed E-state index contributed by atoms with van der Waals surface area (Å²) < 4.78 is 39.7. The molecule has 0 aliphatic rings. The molecule has 0 unspecified atom stereocenters. The van der Waals surface area contributed by atoms with E-state index in [0.29, 0.717) is 5.56 Å². The fraction of sp³-hybridized carbons (Fsp3) is 0.231. The van der Waals surface area contributed by atoms with Gasteiger partial charge >= 0.3 is 5.97 Å². The first-order chi connectivity index (χ1) is 9.70. The van der Waals surface area contributed by atoms with E-state index in [9.17, 15) is 17.6 Å². The highest BCUT2D eigenvalue weighted by atomic mass is 32.2. The van der Waals surface area contributed by atoms with Crippen LogP contribution >= 0.6 is 0 Å². The zero-order valence-corrected chi connectivity index (χ0v) is 12.2. The van der Waals surface area contributed by atoms with E-state index in [1.807, 2.05) is 0 Å². The Morgan fingerprint density at radius 3 is 2.62 bits per heavy atom. The number of aromatic carboxylic acids is 1. The number of halogens is 1. The molecule has 0 aliphatic carbocycles. The van der Waals surface area contributed by atoms with E-state index in [2.05, 4.69) is 5.10 Å². The number of rotatable bonds is 4. The topological polar surface area (TPSA) is 89.3 Å². The SMILES string of the molecule is Cc1cc(S(=O)(=O)Cc2cnn(C)c2)cc(C(=O)O)c1F. The Morgan fingerprint density at radius 2 is 2.10 bits per heavy atom. The van der Waals surface area contributed by atoms with Gasteiger partial charge in [-0.1, -0.05) is 0 Å². The number of carboxylic acids is 1. The van der Waals surface area contributed by atoms with Crippen LogP contribution in [0.5, 0.6) is 0 Å². The van der Waals surface area contributed by atoms with Crippen LogP contribution in [0.25, 0.3) is 0 Å². The van der Waals surface area contributed by atoms with Gasteiger partial charge in [0.15, 0.2) is 9.84 Å². The van der Waals surface area contributed by atoms with E-state index in [4.69, 9.17) is 5.11 Å². The van der Waals surface area contributed by atoms with Gasteiger partial charge in [-0.2, -0.15) is 5.10 Å². The van der Waals surface area contributed by atoms with E-state index < -0.39 is 27.2 Å². The molecule has 0 fully saturated rings. The highest BCUT2D eigenvalue weighted by molar-refractivity contribution is 7.90. The summed E-state index contributed by atoms with van der Waals surface area (Å²) in [4.78, 5) is 10.7. The smallest absolute Gasteiger partial charge is 0.338 e. The molecule has 0 saturated heterocycles. The predicted molar refractivity (Wildman–Crippen MR) is 72.2 cm³/mol. The van der Waals surface area contributed by atoms with Crippen molar-refractivity contribution in [2.24, 2.45) is 7.05 Å². The lowest BCUT2D eigenvalue weighted by molar-refractivity contribution is 0.0691. The Hall–Kier alpha value is -2.22. The second kappa shape index (κ2) is 5.28. The molecule has 112 valence electrons. The van der Waals surface area contributed by atoms with Gasteiger partial charge in [0.1, 0.15) is 5.82 Å². The molecule has 8 heteroatoms. The van der Waals surface area contributed by atoms with Crippen molar-refractivity contribution in [1.29, 1.82) is 0 Å². The average Bonchev–Trinajstić information content (AvgIpc) is 2.76. The van der Waals surface area contributed by atoms with Gasteiger partial charge in [0.2, 0.25) is 0 Å². The van der Waals surface area contributed by atoms with Crippen molar-refractivity contribution in [3.05, 3.63) is 47.0 Å². The third kappa shape index (κ3) is 3.10. The summed E-state index contributed by atoms with van der Waals surface area (Å²) in [6, 6.07) is 1.98. The Kier molecular flexibility index (Phi) is 3.82. The quantitative estimate of drug-likeness (QED) is 0.865. The van der Waals surface area contributed by atoms with Gasteiger partial charge in [-0.3, -0.25) is 4.68 Å². The Labute approximate surface area is 120 Å². The number of carbonyl (C=O) groups is 1. The summed E-state index contributed by atoms with van der Waals surface area (Å²) in [6.45, 7) is 1.32. The van der Waals surface area contributed by atoms with Gasteiger partial charge < -0.3 is 5.11 Å². The predicted octanol–water partition coefficient (Wildman–Crippen LogP) is 1.54. The first kappa shape index (κ1) is 15.2. The van der Waals surface area contributed by atoms with E-state index in [1.54, 1.807) is 13.2 Å². The molecule has 0 amide bonds. The van der Waals surface area contributed by atoms with E-state index in [-0.39, 0.29) is 16.2 Å². The van der Waals surface area contributed by atoms with Crippen molar-refractivity contribution < 1.29 is 22.7 Å². The molecular formula is C13H13FN2O4S. The van der Waals surface area contributed by atoms with Gasteiger partial charge in [0.25, 0.3) is 0 Å². The number of nitrogens with zero attached hydrogens (tertiary/aromatic N) is 2. The van der Waals surface area contributed by atoms with Crippen LogP contribution in [0.15, 0.2) is 29.4 Å². The van der Waals surface area contributed by atoms with Crippen molar-refractivity contribution in [3.63, 3.8) is 0 Å². The number of hydrogen-bond donors (Lipinski definition) is 1. The second-order valence-electron chi connectivity index (χ2n) is 4.69. The normalized spacial score (nSPS) is 11.6. The van der Waals surface area contributed by atoms with Crippen LogP contribution in [0, 0.1) is 12.7 Å². The summed E-state index contributed by atoms with van der Waals surface area (Å²) in [5, 5.41) is 12.8. The lowest BCUT2D eigenvalue weighted by Crippen LogP contribution is -2.09. The minimum atomic E-state index is -3.78. The lowest BCUT2D eigenvalue weighted by Gasteiger charge is -2.07. The van der Waals surface area contributed by atoms with Crippen LogP contribution in [-0.4, -0.2) is 29.3 Å². The van der Waals surface area contributed by atoms with Gasteiger partial charge in [-0.25, -0.2) is 17.6 Å². The van der Waals surface area contributed by atoms with Crippen LogP contribution in [-0.2, 0) is 22.6 Å². The molecule has 1 heterocycles. The number of aryl methyl sites for hydroxylation is 2. The monoisotopic (exact) mass is 312 g/mol. The molecule has 0 atom stereocenters. The number of aromatic nitrogens is 2. The fourth-order valence-electron chi connectivity index (χ4n) is 1.92. The third-order valence-corrected chi connectivity index (χ3v) is 4.60. The van der Waals surface area contributed by atoms with Gasteiger partial charge in [0, 0.05) is 18.8 Å². The first-order valence-corrected chi connectivity index (χ1v) is 7.59. The Bertz CT molecular complexity index is 812. The Balaban J connectivity index is 2.47. The van der Waals surface area contributed by atoms with Crippen LogP contribution in [0.3, 0.4) is 0 Å². The molecule has 0 aliphatic heterocycles. The number of hydrogen-bond acceptors (Lipinski definition) is 4. The van der Waals surface area contributed by atoms with Crippen molar-refractivity contribution in [2.45, 2.75) is 17.6 Å². The molecule has 0 bridgehead atoms. The summed E-state index contributed by atoms with van der Waals surface area (Å²) in [5.74, 6) is -2.76. The van der Waals surface area contributed by atoms with Gasteiger partial charge in [-0.05, 0) is 24.6 Å². The molecular weight excluding hydrogens is 299 g/mol. The van der Waals surface area contributed by atoms with Crippen molar-refractivity contribution in [1.82, 2.24) is 9.78 Å². The Morgan fingerprint density at radius 1 is 1.43 bits per heavy atom. The van der Waals surface area contributed by atoms with Gasteiger partial charge in [-0.15, -0.1) is 0 Å². The fourth-order valence-corrected chi connectivity index (χ4v) is 3.33. The van der Waals surface area contributed by atoms with Crippen LogP contribution in [0.4, 0.5) is 4.39 Å². The van der Waals surface area contributed by atoms with E-state index >= 15 is 0 Å². The summed E-state index contributed by atoms with van der Waals surface area (Å²) in [5.41, 5.74) is -0.212.